The topological polar surface area (TPSA) is 62.3 Å². The highest BCUT2D eigenvalue weighted by atomic mass is 16.2. The summed E-state index contributed by atoms with van der Waals surface area (Å²) in [4.78, 5) is 29.4. The first kappa shape index (κ1) is 16.5. The molecule has 1 aromatic rings. The molecule has 1 saturated carbocycles. The van der Waals surface area contributed by atoms with Crippen molar-refractivity contribution >= 4 is 11.8 Å². The molecule has 1 aliphatic rings. The van der Waals surface area contributed by atoms with E-state index in [9.17, 15) is 9.59 Å². The minimum absolute atomic E-state index is 0.0118. The summed E-state index contributed by atoms with van der Waals surface area (Å²) in [5.41, 5.74) is 1.03. The van der Waals surface area contributed by atoms with Gasteiger partial charge in [0.05, 0.1) is 0 Å². The predicted molar refractivity (Wildman–Crippen MR) is 85.0 cm³/mol. The van der Waals surface area contributed by atoms with Crippen LogP contribution in [0.3, 0.4) is 0 Å². The summed E-state index contributed by atoms with van der Waals surface area (Å²) in [6.07, 6.45) is 9.63. The third-order valence-corrected chi connectivity index (χ3v) is 4.15. The number of amides is 2. The van der Waals surface area contributed by atoms with E-state index in [1.54, 1.807) is 24.2 Å². The lowest BCUT2D eigenvalue weighted by atomic mass is 9.95. The monoisotopic (exact) mass is 303 g/mol. The van der Waals surface area contributed by atoms with E-state index in [4.69, 9.17) is 0 Å². The highest BCUT2D eigenvalue weighted by Gasteiger charge is 2.17. The smallest absolute Gasteiger partial charge is 0.221 e. The molecule has 1 aliphatic carbocycles. The molecule has 0 spiro atoms. The molecule has 22 heavy (non-hydrogen) atoms. The third kappa shape index (κ3) is 5.47. The highest BCUT2D eigenvalue weighted by Crippen LogP contribution is 2.17. The average molecular weight is 303 g/mol. The van der Waals surface area contributed by atoms with Crippen molar-refractivity contribution in [3.8, 4) is 0 Å². The van der Waals surface area contributed by atoms with E-state index < -0.39 is 0 Å². The van der Waals surface area contributed by atoms with Crippen molar-refractivity contribution in [1.82, 2.24) is 15.2 Å². The van der Waals surface area contributed by atoms with E-state index in [1.807, 2.05) is 12.1 Å². The molecule has 1 N–H and O–H groups in total. The summed E-state index contributed by atoms with van der Waals surface area (Å²) >= 11 is 0. The van der Waals surface area contributed by atoms with Gasteiger partial charge in [-0.3, -0.25) is 14.6 Å². The van der Waals surface area contributed by atoms with Gasteiger partial charge >= 0.3 is 0 Å². The Hall–Kier alpha value is -1.91. The van der Waals surface area contributed by atoms with E-state index in [-0.39, 0.29) is 11.8 Å². The van der Waals surface area contributed by atoms with E-state index in [2.05, 4.69) is 10.3 Å². The van der Waals surface area contributed by atoms with Gasteiger partial charge in [-0.2, -0.15) is 0 Å². The maximum absolute atomic E-state index is 12.0. The minimum atomic E-state index is -0.0118. The van der Waals surface area contributed by atoms with E-state index in [0.717, 1.165) is 18.4 Å². The van der Waals surface area contributed by atoms with Crippen LogP contribution in [0.4, 0.5) is 0 Å². The Morgan fingerprint density at radius 2 is 1.91 bits per heavy atom. The number of aromatic nitrogens is 1. The average Bonchev–Trinajstić information content (AvgIpc) is 2.53. The first-order chi connectivity index (χ1) is 10.6. The SMILES string of the molecule is CC(=O)N(CCC(=O)NC1CCCCC1)Cc1ccncc1. The van der Waals surface area contributed by atoms with Gasteiger partial charge in [-0.1, -0.05) is 19.3 Å². The molecule has 2 rings (SSSR count). The van der Waals surface area contributed by atoms with Crippen LogP contribution < -0.4 is 5.32 Å². The quantitative estimate of drug-likeness (QED) is 0.877. The van der Waals surface area contributed by atoms with Gasteiger partial charge in [-0.05, 0) is 30.5 Å². The zero-order valence-electron chi connectivity index (χ0n) is 13.3. The van der Waals surface area contributed by atoms with Gasteiger partial charge in [0.15, 0.2) is 0 Å². The molecule has 120 valence electrons. The van der Waals surface area contributed by atoms with Gasteiger partial charge < -0.3 is 10.2 Å². The summed E-state index contributed by atoms with van der Waals surface area (Å²) in [6.45, 7) is 2.52. The summed E-state index contributed by atoms with van der Waals surface area (Å²) < 4.78 is 0. The third-order valence-electron chi connectivity index (χ3n) is 4.15. The molecule has 0 radical (unpaired) electrons. The van der Waals surface area contributed by atoms with Gasteiger partial charge in [0.25, 0.3) is 0 Å². The molecule has 1 fully saturated rings. The summed E-state index contributed by atoms with van der Waals surface area (Å²) in [5.74, 6) is 0.0372. The van der Waals surface area contributed by atoms with Crippen LogP contribution in [0.25, 0.3) is 0 Å². The summed E-state index contributed by atoms with van der Waals surface area (Å²) in [7, 11) is 0. The Bertz CT molecular complexity index is 484. The molecule has 0 bridgehead atoms. The second-order valence-electron chi connectivity index (χ2n) is 5.95. The van der Waals surface area contributed by atoms with E-state index in [0.29, 0.717) is 25.6 Å². The fourth-order valence-electron chi connectivity index (χ4n) is 2.84. The Balaban J connectivity index is 1.78. The van der Waals surface area contributed by atoms with Gasteiger partial charge in [0.1, 0.15) is 0 Å². The van der Waals surface area contributed by atoms with Crippen molar-refractivity contribution in [1.29, 1.82) is 0 Å². The van der Waals surface area contributed by atoms with Crippen LogP contribution in [-0.2, 0) is 16.1 Å². The lowest BCUT2D eigenvalue weighted by molar-refractivity contribution is -0.130. The van der Waals surface area contributed by atoms with Crippen molar-refractivity contribution in [2.45, 2.75) is 58.0 Å². The van der Waals surface area contributed by atoms with Crippen molar-refractivity contribution < 1.29 is 9.59 Å². The van der Waals surface area contributed by atoms with E-state index in [1.165, 1.54) is 19.3 Å². The maximum atomic E-state index is 12.0. The molecule has 1 heterocycles. The van der Waals surface area contributed by atoms with Gasteiger partial charge in [-0.25, -0.2) is 0 Å². The minimum Gasteiger partial charge on any atom is -0.353 e. The normalized spacial score (nSPS) is 15.3. The van der Waals surface area contributed by atoms with Gasteiger partial charge in [-0.15, -0.1) is 0 Å². The molecule has 2 amide bonds. The fourth-order valence-corrected chi connectivity index (χ4v) is 2.84. The number of hydrogen-bond acceptors (Lipinski definition) is 3. The molecular weight excluding hydrogens is 278 g/mol. The van der Waals surface area contributed by atoms with Gasteiger partial charge in [0.2, 0.25) is 11.8 Å². The lowest BCUT2D eigenvalue weighted by Gasteiger charge is -2.24. The van der Waals surface area contributed by atoms with Crippen LogP contribution >= 0.6 is 0 Å². The first-order valence-corrected chi connectivity index (χ1v) is 8.09. The van der Waals surface area contributed by atoms with Crippen LogP contribution in [0.1, 0.15) is 51.0 Å². The van der Waals surface area contributed by atoms with Crippen LogP contribution in [0.2, 0.25) is 0 Å². The fraction of sp³-hybridized carbons (Fsp3) is 0.588. The number of carbonyl (C=O) groups excluding carboxylic acids is 2. The number of pyridine rings is 1. The summed E-state index contributed by atoms with van der Waals surface area (Å²) in [5, 5.41) is 3.09. The molecule has 0 aromatic carbocycles. The van der Waals surface area contributed by atoms with Crippen molar-refractivity contribution in [3.05, 3.63) is 30.1 Å². The molecule has 0 saturated heterocycles. The number of carbonyl (C=O) groups is 2. The molecule has 0 atom stereocenters. The lowest BCUT2D eigenvalue weighted by Crippen LogP contribution is -2.38. The highest BCUT2D eigenvalue weighted by molar-refractivity contribution is 5.78. The van der Waals surface area contributed by atoms with Crippen LogP contribution in [-0.4, -0.2) is 34.3 Å². The zero-order valence-corrected chi connectivity index (χ0v) is 13.3. The maximum Gasteiger partial charge on any atom is 0.221 e. The van der Waals surface area contributed by atoms with Gasteiger partial charge in [0, 0.05) is 44.9 Å². The number of nitrogens with zero attached hydrogens (tertiary/aromatic N) is 2. The molecule has 0 unspecified atom stereocenters. The molecule has 1 aromatic heterocycles. The number of hydrogen-bond donors (Lipinski definition) is 1. The van der Waals surface area contributed by atoms with E-state index >= 15 is 0 Å². The first-order valence-electron chi connectivity index (χ1n) is 8.09. The molecule has 5 heteroatoms. The Kier molecular flexibility index (Phi) is 6.37. The largest absolute Gasteiger partial charge is 0.353 e. The Morgan fingerprint density at radius 3 is 2.55 bits per heavy atom. The summed E-state index contributed by atoms with van der Waals surface area (Å²) in [6, 6.07) is 4.10. The number of nitrogens with one attached hydrogen (secondary N) is 1. The standard InChI is InChI=1S/C17H25N3O2/c1-14(21)20(13-15-7-10-18-11-8-15)12-9-17(22)19-16-5-3-2-4-6-16/h7-8,10-11,16H,2-6,9,12-13H2,1H3,(H,19,22). The second kappa shape index (κ2) is 8.51. The van der Waals surface area contributed by atoms with Crippen molar-refractivity contribution in [2.24, 2.45) is 0 Å². The number of rotatable bonds is 6. The van der Waals surface area contributed by atoms with Crippen LogP contribution in [0, 0.1) is 0 Å². The Labute approximate surface area is 132 Å². The predicted octanol–water partition coefficient (Wildman–Crippen LogP) is 2.27. The van der Waals surface area contributed by atoms with Crippen molar-refractivity contribution in [2.75, 3.05) is 6.54 Å². The van der Waals surface area contributed by atoms with Crippen molar-refractivity contribution in [3.63, 3.8) is 0 Å². The molecule has 0 aliphatic heterocycles. The molecule has 5 nitrogen and oxygen atoms in total. The zero-order chi connectivity index (χ0) is 15.8. The second-order valence-corrected chi connectivity index (χ2v) is 5.95. The van der Waals surface area contributed by atoms with Crippen LogP contribution in [0.15, 0.2) is 24.5 Å². The van der Waals surface area contributed by atoms with Crippen LogP contribution in [0.5, 0.6) is 0 Å². The Morgan fingerprint density at radius 1 is 1.23 bits per heavy atom. The molecular formula is C17H25N3O2.